The second-order valence-corrected chi connectivity index (χ2v) is 13.6. The number of carbonyl (C=O) groups is 5. The maximum Gasteiger partial charge on any atom is 0.404 e. The predicted octanol–water partition coefficient (Wildman–Crippen LogP) is -6.53. The van der Waals surface area contributed by atoms with Gasteiger partial charge in [0.15, 0.2) is 18.3 Å². The molecule has 5 amide bonds. The van der Waals surface area contributed by atoms with E-state index in [1.165, 1.54) is 0 Å². The van der Waals surface area contributed by atoms with E-state index in [-0.39, 0.29) is 55.5 Å². The number of rotatable bonds is 21. The van der Waals surface area contributed by atoms with Crippen LogP contribution in [0.1, 0.15) is 57.8 Å². The Bertz CT molecular complexity index is 1260. The first-order chi connectivity index (χ1) is 25.2. The van der Waals surface area contributed by atoms with Gasteiger partial charge in [-0.1, -0.05) is 0 Å². The molecular weight excluding hydrogens is 700 g/mol. The average Bonchev–Trinajstić information content (AvgIpc) is 3.53. The second kappa shape index (κ2) is 21.7. The molecule has 302 valence electrons. The van der Waals surface area contributed by atoms with Crippen LogP contribution in [-0.2, 0) is 28.7 Å². The van der Waals surface area contributed by atoms with Gasteiger partial charge < -0.3 is 85.4 Å². The van der Waals surface area contributed by atoms with E-state index >= 15 is 0 Å². The molecule has 22 nitrogen and oxygen atoms in total. The standard InChI is InChI=1S/C31H58N12O10/c32-7-1-4-15(33)10-20(46)37-8-2-5-16(34)11-21(47)38-9-3-6-17(35)12-22(48)40-25-26(49)27(53-30(36)51)19(14-44)52-29(25)43-31-41-23-18(45)13-39-28(50)24(23)42-31/h15-19,23-27,29,44-45,49H,1-14,32-35H2,(H2,36,51)(H,37,46)(H,38,47)(H,39,50)(H,40,48)(H2,41,42,43)/t15?,16?,17?,18-,19-,23-,24+,25-,26+,27+,29-/m1/s1. The van der Waals surface area contributed by atoms with Gasteiger partial charge in [-0.05, 0) is 45.1 Å². The number of piperidine rings is 1. The van der Waals surface area contributed by atoms with Gasteiger partial charge in [0.25, 0.3) is 0 Å². The lowest BCUT2D eigenvalue weighted by Crippen LogP contribution is -2.65. The summed E-state index contributed by atoms with van der Waals surface area (Å²) < 4.78 is 10.8. The Balaban J connectivity index is 1.43. The molecule has 0 aromatic heterocycles. The Morgan fingerprint density at radius 3 is 2.00 bits per heavy atom. The van der Waals surface area contributed by atoms with E-state index in [0.29, 0.717) is 51.7 Å². The summed E-state index contributed by atoms with van der Waals surface area (Å²) in [6.45, 7) is 0.564. The Hall–Kier alpha value is -3.90. The molecule has 3 heterocycles. The molecule has 3 saturated heterocycles. The van der Waals surface area contributed by atoms with Crippen molar-refractivity contribution in [1.82, 2.24) is 31.9 Å². The summed E-state index contributed by atoms with van der Waals surface area (Å²) >= 11 is 0. The summed E-state index contributed by atoms with van der Waals surface area (Å²) in [4.78, 5) is 65.6. The number of carbonyl (C=O) groups excluding carboxylic acids is 5. The molecule has 3 rings (SSSR count). The molecule has 0 saturated carbocycles. The zero-order valence-electron chi connectivity index (χ0n) is 29.8. The molecule has 3 fully saturated rings. The molecule has 3 aliphatic heterocycles. The quantitative estimate of drug-likeness (QED) is 0.0484. The molecule has 0 bridgehead atoms. The van der Waals surface area contributed by atoms with Gasteiger partial charge >= 0.3 is 6.09 Å². The molecule has 3 unspecified atom stereocenters. The Morgan fingerprint density at radius 1 is 0.906 bits per heavy atom. The highest BCUT2D eigenvalue weighted by Crippen LogP contribution is 2.25. The van der Waals surface area contributed by atoms with E-state index in [2.05, 4.69) is 36.9 Å². The molecule has 0 spiro atoms. The maximum absolute atomic E-state index is 13.1. The number of aliphatic hydroxyl groups is 3. The molecule has 19 N–H and O–H groups in total. The van der Waals surface area contributed by atoms with Crippen LogP contribution in [0.3, 0.4) is 0 Å². The van der Waals surface area contributed by atoms with Gasteiger partial charge in [0.1, 0.15) is 24.3 Å². The van der Waals surface area contributed by atoms with Crippen LogP contribution in [0.15, 0.2) is 4.99 Å². The highest BCUT2D eigenvalue weighted by Gasteiger charge is 2.49. The number of nitrogens with one attached hydrogen (secondary N) is 6. The molecule has 0 radical (unpaired) electrons. The molecule has 3 aliphatic rings. The lowest BCUT2D eigenvalue weighted by Gasteiger charge is -2.42. The third kappa shape index (κ3) is 14.1. The van der Waals surface area contributed by atoms with Crippen molar-refractivity contribution in [3.63, 3.8) is 0 Å². The number of ether oxygens (including phenoxy) is 2. The zero-order valence-corrected chi connectivity index (χ0v) is 29.8. The van der Waals surface area contributed by atoms with E-state index in [1.54, 1.807) is 0 Å². The summed E-state index contributed by atoms with van der Waals surface area (Å²) in [5, 5.41) is 47.8. The minimum Gasteiger partial charge on any atom is -0.441 e. The summed E-state index contributed by atoms with van der Waals surface area (Å²) in [5.74, 6) is -1.34. The summed E-state index contributed by atoms with van der Waals surface area (Å²) in [7, 11) is 0. The van der Waals surface area contributed by atoms with E-state index in [1.807, 2.05) is 0 Å². The lowest BCUT2D eigenvalue weighted by molar-refractivity contribution is -0.192. The number of primary amides is 1. The minimum atomic E-state index is -1.64. The average molecular weight is 759 g/mol. The van der Waals surface area contributed by atoms with Crippen LogP contribution in [0.25, 0.3) is 0 Å². The van der Waals surface area contributed by atoms with Crippen LogP contribution in [0, 0.1) is 0 Å². The number of hydrogen-bond acceptors (Lipinski definition) is 15. The Kier molecular flexibility index (Phi) is 17.8. The largest absolute Gasteiger partial charge is 0.441 e. The maximum atomic E-state index is 13.1. The normalized spacial score (nSPS) is 29.0. The number of nitrogens with two attached hydrogens (primary N) is 5. The van der Waals surface area contributed by atoms with Crippen molar-refractivity contribution in [2.75, 3.05) is 32.8 Å². The van der Waals surface area contributed by atoms with Crippen molar-refractivity contribution in [2.45, 2.75) is 125 Å². The third-order valence-electron chi connectivity index (χ3n) is 9.12. The van der Waals surface area contributed by atoms with Crippen LogP contribution in [0.5, 0.6) is 0 Å². The highest BCUT2D eigenvalue weighted by molar-refractivity contribution is 5.94. The minimum absolute atomic E-state index is 0.0235. The van der Waals surface area contributed by atoms with Gasteiger partial charge in [0.05, 0.1) is 18.8 Å². The number of fused-ring (bicyclic) bond motifs is 1. The van der Waals surface area contributed by atoms with E-state index in [9.17, 15) is 39.3 Å². The SMILES string of the molecule is NCCCC(N)CC(=O)NCCCC(N)CC(=O)NCCCC(N)CC(=O)N[C@@H]1[C@H](O)[C@@H](OC(N)=O)[C@@H](CO)O[C@H]1/N=C1\N[C@@H]2[C@H](O)CNC(=O)[C@H]2N1. The van der Waals surface area contributed by atoms with Gasteiger partial charge in [-0.2, -0.15) is 0 Å². The molecular formula is C31H58N12O10. The molecule has 53 heavy (non-hydrogen) atoms. The van der Waals surface area contributed by atoms with E-state index in [0.717, 1.165) is 6.42 Å². The van der Waals surface area contributed by atoms with Gasteiger partial charge in [0, 0.05) is 57.0 Å². The number of guanidine groups is 1. The van der Waals surface area contributed by atoms with Crippen molar-refractivity contribution >= 4 is 35.7 Å². The fraction of sp³-hybridized carbons (Fsp3) is 0.806. The van der Waals surface area contributed by atoms with Gasteiger partial charge in [-0.25, -0.2) is 9.79 Å². The smallest absolute Gasteiger partial charge is 0.404 e. The van der Waals surface area contributed by atoms with Crippen LogP contribution in [0.4, 0.5) is 4.79 Å². The van der Waals surface area contributed by atoms with Crippen LogP contribution >= 0.6 is 0 Å². The van der Waals surface area contributed by atoms with Gasteiger partial charge in [-0.3, -0.25) is 19.2 Å². The number of aliphatic imine (C=N–C) groups is 1. The molecule has 0 aromatic rings. The van der Waals surface area contributed by atoms with Crippen LogP contribution in [-0.4, -0.2) is 151 Å². The van der Waals surface area contributed by atoms with Crippen molar-refractivity contribution in [3.05, 3.63) is 0 Å². The molecule has 0 aromatic carbocycles. The lowest BCUT2D eigenvalue weighted by atomic mass is 9.95. The monoisotopic (exact) mass is 758 g/mol. The first kappa shape index (κ1) is 43.5. The van der Waals surface area contributed by atoms with E-state index in [4.69, 9.17) is 38.1 Å². The highest BCUT2D eigenvalue weighted by atomic mass is 16.6. The molecule has 0 aliphatic carbocycles. The number of nitrogens with zero attached hydrogens (tertiary/aromatic N) is 1. The van der Waals surface area contributed by atoms with E-state index < -0.39 is 79.5 Å². The Morgan fingerprint density at radius 2 is 1.47 bits per heavy atom. The summed E-state index contributed by atoms with van der Waals surface area (Å²) in [5.41, 5.74) is 28.8. The number of β-amino-alcohol motifs (C(OH)–C–C–N with tert-alkyl or cyclic N) is 1. The summed E-state index contributed by atoms with van der Waals surface area (Å²) in [6, 6.07) is -4.17. The van der Waals surface area contributed by atoms with Crippen LogP contribution < -0.4 is 60.6 Å². The third-order valence-corrected chi connectivity index (χ3v) is 9.12. The molecule has 22 heteroatoms. The number of hydrogen-bond donors (Lipinski definition) is 14. The van der Waals surface area contributed by atoms with Crippen molar-refractivity contribution in [2.24, 2.45) is 33.7 Å². The first-order valence-electron chi connectivity index (χ1n) is 18.0. The van der Waals surface area contributed by atoms with Gasteiger partial charge in [-0.15, -0.1) is 0 Å². The first-order valence-corrected chi connectivity index (χ1v) is 18.0. The predicted molar refractivity (Wildman–Crippen MR) is 189 cm³/mol. The fourth-order valence-electron chi connectivity index (χ4n) is 6.31. The Labute approximate surface area is 307 Å². The number of amides is 5. The topological polar surface area (TPSA) is 379 Å². The van der Waals surface area contributed by atoms with Crippen molar-refractivity contribution < 1.29 is 48.8 Å². The zero-order chi connectivity index (χ0) is 39.1. The van der Waals surface area contributed by atoms with Gasteiger partial charge in [0.2, 0.25) is 23.6 Å². The fourth-order valence-corrected chi connectivity index (χ4v) is 6.31. The molecule has 11 atom stereocenters. The second-order valence-electron chi connectivity index (χ2n) is 13.6. The van der Waals surface area contributed by atoms with Crippen molar-refractivity contribution in [3.8, 4) is 0 Å². The van der Waals surface area contributed by atoms with Crippen LogP contribution in [0.2, 0.25) is 0 Å². The summed E-state index contributed by atoms with van der Waals surface area (Å²) in [6.07, 6.45) is -4.41. The number of aliphatic hydroxyl groups excluding tert-OH is 3. The van der Waals surface area contributed by atoms with Crippen molar-refractivity contribution in [1.29, 1.82) is 0 Å².